The summed E-state index contributed by atoms with van der Waals surface area (Å²) in [7, 11) is 1.39. The van der Waals surface area contributed by atoms with Gasteiger partial charge in [0, 0.05) is 31.9 Å². The number of nitro groups is 1. The number of nitrogens with zero attached hydrogens (tertiary/aromatic N) is 3. The van der Waals surface area contributed by atoms with E-state index in [2.05, 4.69) is 5.32 Å². The molecule has 0 bridgehead atoms. The number of carbonyl (C=O) groups excluding carboxylic acids is 1. The van der Waals surface area contributed by atoms with Gasteiger partial charge in [-0.05, 0) is 12.1 Å². The van der Waals surface area contributed by atoms with Crippen molar-refractivity contribution in [2.45, 2.75) is 18.6 Å². The first kappa shape index (κ1) is 22.2. The minimum Gasteiger partial charge on any atom is -0.465 e. The number of hydrogen-bond acceptors (Lipinski definition) is 6. The molecular weight excluding hydrogens is 439 g/mol. The summed E-state index contributed by atoms with van der Waals surface area (Å²) in [6.45, 7) is 0.00179. The fourth-order valence-corrected chi connectivity index (χ4v) is 3.46. The van der Waals surface area contributed by atoms with Gasteiger partial charge in [-0.3, -0.25) is 29.2 Å². The number of pyridine rings is 1. The van der Waals surface area contributed by atoms with Crippen LogP contribution in [0.5, 0.6) is 0 Å². The van der Waals surface area contributed by atoms with Gasteiger partial charge >= 0.3 is 17.3 Å². The van der Waals surface area contributed by atoms with Gasteiger partial charge in [0.2, 0.25) is 5.91 Å². The summed E-state index contributed by atoms with van der Waals surface area (Å²) in [5.74, 6) is -1.69. The molecule has 2 heterocycles. The first-order valence-electron chi connectivity index (χ1n) is 8.82. The molecule has 1 aliphatic heterocycles. The Kier molecular flexibility index (Phi) is 6.22. The summed E-state index contributed by atoms with van der Waals surface area (Å²) in [6.07, 6.45) is -0.574. The second kappa shape index (κ2) is 8.70. The summed E-state index contributed by atoms with van der Waals surface area (Å²) in [6, 6.07) is 3.10. The number of aromatic nitrogens is 1. The van der Waals surface area contributed by atoms with Crippen LogP contribution in [0.3, 0.4) is 0 Å². The number of amides is 2. The smallest absolute Gasteiger partial charge is 0.408 e. The second-order valence-corrected chi connectivity index (χ2v) is 7.11. The van der Waals surface area contributed by atoms with E-state index in [1.807, 2.05) is 0 Å². The van der Waals surface area contributed by atoms with Crippen LogP contribution in [0.2, 0.25) is 5.02 Å². The molecule has 0 aliphatic carbocycles. The number of ether oxygens (including phenoxy) is 1. The van der Waals surface area contributed by atoms with E-state index in [1.54, 1.807) is 0 Å². The third kappa shape index (κ3) is 4.49. The number of carboxylic acid groups (broad SMARTS) is 1. The van der Waals surface area contributed by atoms with Crippen molar-refractivity contribution >= 4 is 35.0 Å². The second-order valence-electron chi connectivity index (χ2n) is 6.67. The average molecular weight is 455 g/mol. The Labute approximate surface area is 178 Å². The van der Waals surface area contributed by atoms with Crippen LogP contribution < -0.4 is 10.9 Å². The van der Waals surface area contributed by atoms with Crippen molar-refractivity contribution in [2.24, 2.45) is 0 Å². The molecule has 3 rings (SSSR count). The van der Waals surface area contributed by atoms with Gasteiger partial charge in [0.25, 0.3) is 0 Å². The van der Waals surface area contributed by atoms with E-state index in [0.29, 0.717) is 0 Å². The van der Waals surface area contributed by atoms with E-state index < -0.39 is 46.1 Å². The standard InChI is InChI=1S/C18H16ClFN4O7/c1-31-11-6-14(23(8-11)18(27)28)16(25)21-13-3-2-10(5-12(13)20)22-7-9(19)4-15(17(22)26)24(29)30/h2-5,7,11,14H,6,8H2,1H3,(H,21,25)(H,27,28)/t11-,14-/m1/s1. The van der Waals surface area contributed by atoms with Crippen LogP contribution >= 0.6 is 11.6 Å². The summed E-state index contributed by atoms with van der Waals surface area (Å²) < 4.78 is 20.5. The Balaban J connectivity index is 1.87. The molecular formula is C18H16ClFN4O7. The van der Waals surface area contributed by atoms with Crippen molar-refractivity contribution in [1.82, 2.24) is 9.47 Å². The van der Waals surface area contributed by atoms with Crippen LogP contribution in [0.25, 0.3) is 5.69 Å². The van der Waals surface area contributed by atoms with Crippen LogP contribution in [0.4, 0.5) is 20.6 Å². The Bertz CT molecular complexity index is 1120. The topological polar surface area (TPSA) is 144 Å². The molecule has 1 saturated heterocycles. The lowest BCUT2D eigenvalue weighted by molar-refractivity contribution is -0.386. The highest BCUT2D eigenvalue weighted by Crippen LogP contribution is 2.24. The van der Waals surface area contributed by atoms with Gasteiger partial charge in [-0.1, -0.05) is 11.6 Å². The molecule has 2 aromatic rings. The van der Waals surface area contributed by atoms with Gasteiger partial charge < -0.3 is 15.2 Å². The summed E-state index contributed by atoms with van der Waals surface area (Å²) in [5, 5.41) is 22.5. The molecule has 1 fully saturated rings. The van der Waals surface area contributed by atoms with Gasteiger partial charge in [-0.15, -0.1) is 0 Å². The third-order valence-electron chi connectivity index (χ3n) is 4.79. The lowest BCUT2D eigenvalue weighted by Gasteiger charge is -2.20. The van der Waals surface area contributed by atoms with Crippen LogP contribution in [-0.2, 0) is 9.53 Å². The van der Waals surface area contributed by atoms with Crippen molar-refractivity contribution in [3.05, 3.63) is 61.8 Å². The fraction of sp³-hybridized carbons (Fsp3) is 0.278. The molecule has 2 amide bonds. The minimum atomic E-state index is -1.31. The van der Waals surface area contributed by atoms with Crippen molar-refractivity contribution in [1.29, 1.82) is 0 Å². The monoisotopic (exact) mass is 454 g/mol. The van der Waals surface area contributed by atoms with Crippen LogP contribution in [-0.4, -0.2) is 57.3 Å². The van der Waals surface area contributed by atoms with Gasteiger partial charge in [0.05, 0.1) is 34.0 Å². The Morgan fingerprint density at radius 1 is 1.39 bits per heavy atom. The number of likely N-dealkylation sites (tertiary alicyclic amines) is 1. The number of hydrogen-bond donors (Lipinski definition) is 2. The van der Waals surface area contributed by atoms with Crippen molar-refractivity contribution in [3.8, 4) is 5.69 Å². The van der Waals surface area contributed by atoms with Crippen LogP contribution in [0, 0.1) is 15.9 Å². The molecule has 11 nitrogen and oxygen atoms in total. The van der Waals surface area contributed by atoms with Gasteiger partial charge in [0.1, 0.15) is 11.9 Å². The quantitative estimate of drug-likeness (QED) is 0.520. The number of nitrogens with one attached hydrogen (secondary N) is 1. The maximum Gasteiger partial charge on any atom is 0.408 e. The molecule has 0 radical (unpaired) electrons. The highest BCUT2D eigenvalue weighted by molar-refractivity contribution is 6.30. The largest absolute Gasteiger partial charge is 0.465 e. The summed E-state index contributed by atoms with van der Waals surface area (Å²) >= 11 is 5.81. The first-order chi connectivity index (χ1) is 14.6. The minimum absolute atomic E-state index is 0.00179. The highest BCUT2D eigenvalue weighted by Gasteiger charge is 2.40. The van der Waals surface area contributed by atoms with Crippen molar-refractivity contribution in [3.63, 3.8) is 0 Å². The van der Waals surface area contributed by atoms with Gasteiger partial charge in [0.15, 0.2) is 0 Å². The average Bonchev–Trinajstić information content (AvgIpc) is 3.16. The maximum absolute atomic E-state index is 14.6. The van der Waals surface area contributed by atoms with E-state index in [9.17, 15) is 34.0 Å². The molecule has 2 atom stereocenters. The van der Waals surface area contributed by atoms with E-state index in [-0.39, 0.29) is 29.4 Å². The lowest BCUT2D eigenvalue weighted by atomic mass is 10.1. The van der Waals surface area contributed by atoms with Crippen molar-refractivity contribution in [2.75, 3.05) is 19.0 Å². The molecule has 1 aromatic heterocycles. The SMILES string of the molecule is CO[C@@H]1C[C@H](C(=O)Nc2ccc(-n3cc(Cl)cc([N+](=O)[O-])c3=O)cc2F)N(C(=O)O)C1. The molecule has 1 aromatic carbocycles. The molecule has 0 spiro atoms. The maximum atomic E-state index is 14.6. The van der Waals surface area contributed by atoms with Gasteiger partial charge in [-0.2, -0.15) is 0 Å². The zero-order valence-corrected chi connectivity index (χ0v) is 16.7. The molecule has 164 valence electrons. The predicted molar refractivity (Wildman–Crippen MR) is 106 cm³/mol. The number of methoxy groups -OCH3 is 1. The van der Waals surface area contributed by atoms with E-state index >= 15 is 0 Å². The molecule has 2 N–H and O–H groups in total. The Morgan fingerprint density at radius 3 is 2.68 bits per heavy atom. The lowest BCUT2D eigenvalue weighted by Crippen LogP contribution is -2.42. The molecule has 0 unspecified atom stereocenters. The number of benzene rings is 1. The van der Waals surface area contributed by atoms with Gasteiger partial charge in [-0.25, -0.2) is 9.18 Å². The van der Waals surface area contributed by atoms with E-state index in [1.165, 1.54) is 13.2 Å². The number of anilines is 1. The van der Waals surface area contributed by atoms with Crippen molar-refractivity contribution < 1.29 is 28.7 Å². The Hall–Kier alpha value is -3.51. The first-order valence-corrected chi connectivity index (χ1v) is 9.20. The predicted octanol–water partition coefficient (Wildman–Crippen LogP) is 2.24. The molecule has 31 heavy (non-hydrogen) atoms. The van der Waals surface area contributed by atoms with Crippen LogP contribution in [0.15, 0.2) is 35.3 Å². The number of rotatable bonds is 5. The normalized spacial score (nSPS) is 18.1. The third-order valence-corrected chi connectivity index (χ3v) is 5.00. The molecule has 13 heteroatoms. The zero-order valence-electron chi connectivity index (χ0n) is 15.9. The summed E-state index contributed by atoms with van der Waals surface area (Å²) in [4.78, 5) is 47.2. The fourth-order valence-electron chi connectivity index (χ4n) is 3.26. The molecule has 1 aliphatic rings. The summed E-state index contributed by atoms with van der Waals surface area (Å²) in [5.41, 5.74) is -2.12. The van der Waals surface area contributed by atoms with E-state index in [4.69, 9.17) is 16.3 Å². The number of halogens is 2. The molecule has 0 saturated carbocycles. The highest BCUT2D eigenvalue weighted by atomic mass is 35.5. The van der Waals surface area contributed by atoms with Crippen LogP contribution in [0.1, 0.15) is 6.42 Å². The van der Waals surface area contributed by atoms with E-state index in [0.717, 1.165) is 33.9 Å². The zero-order chi connectivity index (χ0) is 22.9. The number of carbonyl (C=O) groups is 2. The Morgan fingerprint density at radius 2 is 2.10 bits per heavy atom.